The average molecular weight is 308 g/mol. The summed E-state index contributed by atoms with van der Waals surface area (Å²) < 4.78 is 19.0. The molecule has 4 heteroatoms. The van der Waals surface area contributed by atoms with E-state index in [0.717, 1.165) is 11.3 Å². The number of halogens is 2. The van der Waals surface area contributed by atoms with Crippen LogP contribution in [0.25, 0.3) is 0 Å². The highest BCUT2D eigenvalue weighted by molar-refractivity contribution is 6.31. The zero-order chi connectivity index (χ0) is 15.5. The van der Waals surface area contributed by atoms with Crippen LogP contribution >= 0.6 is 11.6 Å². The second kappa shape index (κ2) is 6.46. The lowest BCUT2D eigenvalue weighted by Crippen LogP contribution is -2.41. The van der Waals surface area contributed by atoms with Crippen LogP contribution in [0.1, 0.15) is 18.1 Å². The Labute approximate surface area is 129 Å². The largest absolute Gasteiger partial charge is 0.497 e. The molecule has 0 saturated heterocycles. The van der Waals surface area contributed by atoms with Crippen LogP contribution in [0.15, 0.2) is 42.5 Å². The first-order valence-corrected chi connectivity index (χ1v) is 7.14. The predicted octanol–water partition coefficient (Wildman–Crippen LogP) is 3.99. The summed E-state index contributed by atoms with van der Waals surface area (Å²) in [6, 6.07) is 12.4. The van der Waals surface area contributed by atoms with Crippen LogP contribution in [0.3, 0.4) is 0 Å². The molecule has 1 atom stereocenters. The third-order valence-corrected chi connectivity index (χ3v) is 3.76. The second-order valence-electron chi connectivity index (χ2n) is 5.56. The van der Waals surface area contributed by atoms with E-state index in [1.165, 1.54) is 6.07 Å². The highest BCUT2D eigenvalue weighted by Gasteiger charge is 2.23. The van der Waals surface area contributed by atoms with E-state index in [0.29, 0.717) is 23.4 Å². The minimum Gasteiger partial charge on any atom is -0.497 e. The maximum Gasteiger partial charge on any atom is 0.127 e. The topological polar surface area (TPSA) is 35.2 Å². The molecular weight excluding hydrogens is 289 g/mol. The monoisotopic (exact) mass is 307 g/mol. The molecule has 21 heavy (non-hydrogen) atoms. The first-order chi connectivity index (χ1) is 9.91. The third-order valence-electron chi connectivity index (χ3n) is 3.41. The minimum absolute atomic E-state index is 0.311. The van der Waals surface area contributed by atoms with Crippen molar-refractivity contribution in [2.24, 2.45) is 5.73 Å². The molecule has 0 fully saturated rings. The molecule has 0 saturated carbocycles. The van der Waals surface area contributed by atoms with E-state index in [-0.39, 0.29) is 5.82 Å². The van der Waals surface area contributed by atoms with Gasteiger partial charge in [-0.2, -0.15) is 0 Å². The third kappa shape index (κ3) is 4.19. The summed E-state index contributed by atoms with van der Waals surface area (Å²) in [6.45, 7) is 1.90. The van der Waals surface area contributed by atoms with Crippen LogP contribution in [0.4, 0.5) is 4.39 Å². The molecular formula is C17H19ClFNO. The quantitative estimate of drug-likeness (QED) is 0.906. The van der Waals surface area contributed by atoms with Crippen LogP contribution in [-0.4, -0.2) is 12.6 Å². The SMILES string of the molecule is COc1ccc(CC(C)(N)Cc2c(F)cccc2Cl)cc1. The van der Waals surface area contributed by atoms with Crippen molar-refractivity contribution in [3.05, 3.63) is 64.4 Å². The standard InChI is InChI=1S/C17H19ClFNO/c1-17(20,10-12-6-8-13(21-2)9-7-12)11-14-15(18)4-3-5-16(14)19/h3-9H,10-11,20H2,1-2H3. The van der Waals surface area contributed by atoms with Crippen LogP contribution in [0.5, 0.6) is 5.75 Å². The number of rotatable bonds is 5. The van der Waals surface area contributed by atoms with E-state index in [1.54, 1.807) is 19.2 Å². The Kier molecular flexibility index (Phi) is 4.86. The summed E-state index contributed by atoms with van der Waals surface area (Å²) in [4.78, 5) is 0. The molecule has 0 aliphatic rings. The van der Waals surface area contributed by atoms with Gasteiger partial charge in [-0.1, -0.05) is 29.8 Å². The fraction of sp³-hybridized carbons (Fsp3) is 0.294. The highest BCUT2D eigenvalue weighted by atomic mass is 35.5. The normalized spacial score (nSPS) is 13.8. The van der Waals surface area contributed by atoms with E-state index < -0.39 is 5.54 Å². The molecule has 2 rings (SSSR count). The molecule has 0 radical (unpaired) electrons. The van der Waals surface area contributed by atoms with Gasteiger partial charge in [0.15, 0.2) is 0 Å². The summed E-state index contributed by atoms with van der Waals surface area (Å²) in [7, 11) is 1.63. The van der Waals surface area contributed by atoms with Gasteiger partial charge in [0.1, 0.15) is 11.6 Å². The summed E-state index contributed by atoms with van der Waals surface area (Å²) in [6.07, 6.45) is 1.01. The van der Waals surface area contributed by atoms with Gasteiger partial charge in [-0.25, -0.2) is 4.39 Å². The zero-order valence-corrected chi connectivity index (χ0v) is 13.0. The lowest BCUT2D eigenvalue weighted by Gasteiger charge is -2.25. The molecule has 2 nitrogen and oxygen atoms in total. The maximum absolute atomic E-state index is 13.9. The Morgan fingerprint density at radius 2 is 1.81 bits per heavy atom. The van der Waals surface area contributed by atoms with Gasteiger partial charge < -0.3 is 10.5 Å². The Bertz CT molecular complexity index is 590. The van der Waals surface area contributed by atoms with Gasteiger partial charge in [-0.15, -0.1) is 0 Å². The molecule has 2 N–H and O–H groups in total. The zero-order valence-electron chi connectivity index (χ0n) is 12.2. The fourth-order valence-electron chi connectivity index (χ4n) is 2.38. The van der Waals surface area contributed by atoms with Crippen molar-refractivity contribution >= 4 is 11.6 Å². The summed E-state index contributed by atoms with van der Waals surface area (Å²) in [5.41, 5.74) is 7.30. The highest BCUT2D eigenvalue weighted by Crippen LogP contribution is 2.25. The van der Waals surface area contributed by atoms with Gasteiger partial charge in [-0.05, 0) is 49.6 Å². The Balaban J connectivity index is 2.14. The van der Waals surface area contributed by atoms with E-state index in [1.807, 2.05) is 31.2 Å². The molecule has 0 amide bonds. The van der Waals surface area contributed by atoms with Gasteiger partial charge in [0.25, 0.3) is 0 Å². The molecule has 1 unspecified atom stereocenters. The van der Waals surface area contributed by atoms with Crippen molar-refractivity contribution in [3.63, 3.8) is 0 Å². The van der Waals surface area contributed by atoms with E-state index in [2.05, 4.69) is 0 Å². The lowest BCUT2D eigenvalue weighted by molar-refractivity contribution is 0.414. The fourth-order valence-corrected chi connectivity index (χ4v) is 2.61. The van der Waals surface area contributed by atoms with Gasteiger partial charge in [0.2, 0.25) is 0 Å². The van der Waals surface area contributed by atoms with E-state index in [4.69, 9.17) is 22.1 Å². The van der Waals surface area contributed by atoms with Gasteiger partial charge >= 0.3 is 0 Å². The molecule has 0 aromatic heterocycles. The Hall–Kier alpha value is -1.58. The van der Waals surface area contributed by atoms with Crippen LogP contribution in [0.2, 0.25) is 5.02 Å². The average Bonchev–Trinajstić information content (AvgIpc) is 2.43. The lowest BCUT2D eigenvalue weighted by atomic mass is 9.87. The molecule has 112 valence electrons. The molecule has 0 heterocycles. The van der Waals surface area contributed by atoms with Crippen LogP contribution < -0.4 is 10.5 Å². The molecule has 0 aliphatic heterocycles. The number of methoxy groups -OCH3 is 1. The van der Waals surface area contributed by atoms with Gasteiger partial charge in [0.05, 0.1) is 7.11 Å². The molecule has 2 aromatic carbocycles. The Morgan fingerprint density at radius 3 is 2.38 bits per heavy atom. The first kappa shape index (κ1) is 15.8. The number of nitrogens with two attached hydrogens (primary N) is 1. The smallest absolute Gasteiger partial charge is 0.127 e. The van der Waals surface area contributed by atoms with Crippen LogP contribution in [-0.2, 0) is 12.8 Å². The van der Waals surface area contributed by atoms with Crippen molar-refractivity contribution < 1.29 is 9.13 Å². The number of hydrogen-bond acceptors (Lipinski definition) is 2. The van der Waals surface area contributed by atoms with E-state index in [9.17, 15) is 4.39 Å². The van der Waals surface area contributed by atoms with Crippen molar-refractivity contribution in [1.82, 2.24) is 0 Å². The predicted molar refractivity (Wildman–Crippen MR) is 84.4 cm³/mol. The van der Waals surface area contributed by atoms with E-state index >= 15 is 0 Å². The Morgan fingerprint density at radius 1 is 1.14 bits per heavy atom. The number of benzene rings is 2. The summed E-state index contributed by atoms with van der Waals surface area (Å²) in [5.74, 6) is 0.489. The van der Waals surface area contributed by atoms with Crippen molar-refractivity contribution in [3.8, 4) is 5.75 Å². The molecule has 0 spiro atoms. The molecule has 2 aromatic rings. The summed E-state index contributed by atoms with van der Waals surface area (Å²) >= 11 is 6.07. The van der Waals surface area contributed by atoms with Gasteiger partial charge in [0, 0.05) is 16.1 Å². The van der Waals surface area contributed by atoms with Crippen LogP contribution in [0, 0.1) is 5.82 Å². The molecule has 0 bridgehead atoms. The maximum atomic E-state index is 13.9. The van der Waals surface area contributed by atoms with Crippen molar-refractivity contribution in [2.45, 2.75) is 25.3 Å². The molecule has 0 aliphatic carbocycles. The van der Waals surface area contributed by atoms with Crippen molar-refractivity contribution in [1.29, 1.82) is 0 Å². The minimum atomic E-state index is -0.583. The number of hydrogen-bond donors (Lipinski definition) is 1. The van der Waals surface area contributed by atoms with Gasteiger partial charge in [-0.3, -0.25) is 0 Å². The van der Waals surface area contributed by atoms with Crippen molar-refractivity contribution in [2.75, 3.05) is 7.11 Å². The first-order valence-electron chi connectivity index (χ1n) is 6.76. The second-order valence-corrected chi connectivity index (χ2v) is 5.96. The number of ether oxygens (including phenoxy) is 1. The summed E-state index contributed by atoms with van der Waals surface area (Å²) in [5, 5.41) is 0.418.